The van der Waals surface area contributed by atoms with E-state index in [1.807, 2.05) is 53.2 Å². The van der Waals surface area contributed by atoms with Crippen molar-refractivity contribution in [3.05, 3.63) is 60.4 Å². The quantitative estimate of drug-likeness (QED) is 0.314. The van der Waals surface area contributed by atoms with E-state index in [1.165, 1.54) is 38.3 Å². The zero-order chi connectivity index (χ0) is 25.3. The number of para-hydroxylation sites is 1. The van der Waals surface area contributed by atoms with Crippen LogP contribution in [-0.2, 0) is 9.59 Å². The van der Waals surface area contributed by atoms with Crippen molar-refractivity contribution in [2.24, 2.45) is 5.73 Å². The van der Waals surface area contributed by atoms with E-state index >= 15 is 0 Å². The summed E-state index contributed by atoms with van der Waals surface area (Å²) < 4.78 is 1.89. The van der Waals surface area contributed by atoms with Crippen LogP contribution in [0, 0.1) is 0 Å². The lowest BCUT2D eigenvalue weighted by Crippen LogP contribution is -2.22. The summed E-state index contributed by atoms with van der Waals surface area (Å²) >= 11 is 0. The Labute approximate surface area is 209 Å². The number of rotatable bonds is 5. The van der Waals surface area contributed by atoms with Crippen LogP contribution < -0.4 is 21.3 Å². The van der Waals surface area contributed by atoms with E-state index in [-0.39, 0.29) is 12.3 Å². The van der Waals surface area contributed by atoms with Gasteiger partial charge in [-0.2, -0.15) is 10.1 Å². The van der Waals surface area contributed by atoms with E-state index in [0.717, 1.165) is 41.9 Å². The summed E-state index contributed by atoms with van der Waals surface area (Å²) in [7, 11) is 0. The molecule has 0 radical (unpaired) electrons. The van der Waals surface area contributed by atoms with E-state index in [9.17, 15) is 4.79 Å². The average Bonchev–Trinajstić information content (AvgIpc) is 3.25. The number of fused-ring (bicyclic) bond motifs is 1. The molecule has 11 heteroatoms. The lowest BCUT2D eigenvalue weighted by molar-refractivity contribution is -0.114. The Bertz CT molecular complexity index is 1280. The lowest BCUT2D eigenvalue weighted by atomic mass is 10.3. The third kappa shape index (κ3) is 6.59. The van der Waals surface area contributed by atoms with Crippen LogP contribution in [0.5, 0.6) is 0 Å². The molecule has 188 valence electrons. The Morgan fingerprint density at radius 1 is 1.14 bits per heavy atom. The topological polar surface area (TPSA) is 146 Å². The molecule has 4 heterocycles. The molecule has 0 bridgehead atoms. The van der Waals surface area contributed by atoms with Gasteiger partial charge in [-0.15, -0.1) is 5.10 Å². The summed E-state index contributed by atoms with van der Waals surface area (Å²) in [6, 6.07) is 15.5. The lowest BCUT2D eigenvalue weighted by Gasteiger charge is -2.16. The second kappa shape index (κ2) is 11.8. The standard InChI is InChI=1S/C16H19N7.C8H9NO.CH3NO/c1-2-8-22(7-1)16-18-15(13-4-3-9-23(13)21-16)17-14-10-12(19-20-14)11-5-6-11;1-7(10)9-8-5-3-2-4-6-8;2-1-3/h3-4,9-11H,1-2,5-8H2,(H2,17,18,19,20,21);2-6H,1H3,(H,9,10);1H,(H2,2,3). The predicted octanol–water partition coefficient (Wildman–Crippen LogP) is 3.42. The summed E-state index contributed by atoms with van der Waals surface area (Å²) in [6.07, 6.45) is 7.15. The van der Waals surface area contributed by atoms with Crippen molar-refractivity contribution < 1.29 is 9.59 Å². The van der Waals surface area contributed by atoms with Gasteiger partial charge in [0.05, 0.1) is 0 Å². The first-order chi connectivity index (χ1) is 17.6. The van der Waals surface area contributed by atoms with Crippen LogP contribution in [-0.4, -0.2) is 50.2 Å². The molecule has 36 heavy (non-hydrogen) atoms. The molecular weight excluding hydrogens is 458 g/mol. The fourth-order valence-corrected chi connectivity index (χ4v) is 3.92. The number of amides is 2. The van der Waals surface area contributed by atoms with Crippen molar-refractivity contribution >= 4 is 41.1 Å². The van der Waals surface area contributed by atoms with Crippen molar-refractivity contribution in [3.8, 4) is 0 Å². The second-order valence-corrected chi connectivity index (χ2v) is 8.58. The Kier molecular flexibility index (Phi) is 8.12. The Balaban J connectivity index is 0.000000197. The minimum absolute atomic E-state index is 0.0359. The maximum atomic E-state index is 10.5. The van der Waals surface area contributed by atoms with Gasteiger partial charge in [-0.3, -0.25) is 14.7 Å². The van der Waals surface area contributed by atoms with E-state index in [4.69, 9.17) is 9.78 Å². The number of primary amides is 1. The third-order valence-electron chi connectivity index (χ3n) is 5.72. The molecule has 1 aliphatic carbocycles. The second-order valence-electron chi connectivity index (χ2n) is 8.58. The highest BCUT2D eigenvalue weighted by Gasteiger charge is 2.26. The van der Waals surface area contributed by atoms with Crippen molar-refractivity contribution in [2.45, 2.75) is 38.5 Å². The number of hydrogen-bond donors (Lipinski definition) is 4. The van der Waals surface area contributed by atoms with E-state index in [0.29, 0.717) is 5.92 Å². The molecule has 3 aromatic heterocycles. The number of aromatic nitrogens is 5. The van der Waals surface area contributed by atoms with Gasteiger partial charge in [-0.1, -0.05) is 18.2 Å². The number of nitrogens with two attached hydrogens (primary N) is 1. The van der Waals surface area contributed by atoms with Crippen LogP contribution in [0.4, 0.5) is 23.3 Å². The van der Waals surface area contributed by atoms with Crippen molar-refractivity contribution in [1.82, 2.24) is 24.8 Å². The number of carbonyl (C=O) groups is 2. The molecule has 1 saturated heterocycles. The normalized spacial score (nSPS) is 14.3. The Morgan fingerprint density at radius 2 is 1.86 bits per heavy atom. The first-order valence-corrected chi connectivity index (χ1v) is 12.0. The Morgan fingerprint density at radius 3 is 2.53 bits per heavy atom. The van der Waals surface area contributed by atoms with Gasteiger partial charge in [-0.05, 0) is 49.9 Å². The van der Waals surface area contributed by atoms with Gasteiger partial charge in [0.15, 0.2) is 11.6 Å². The number of benzene rings is 1. The van der Waals surface area contributed by atoms with E-state index in [2.05, 4.69) is 42.6 Å². The molecule has 4 aromatic rings. The number of nitrogens with zero attached hydrogens (tertiary/aromatic N) is 5. The molecule has 2 fully saturated rings. The highest BCUT2D eigenvalue weighted by Crippen LogP contribution is 2.39. The maximum Gasteiger partial charge on any atom is 0.245 e. The van der Waals surface area contributed by atoms with Crippen LogP contribution >= 0.6 is 0 Å². The summed E-state index contributed by atoms with van der Waals surface area (Å²) in [5, 5.41) is 18.1. The minimum Gasteiger partial charge on any atom is -0.372 e. The van der Waals surface area contributed by atoms with E-state index in [1.54, 1.807) is 0 Å². The van der Waals surface area contributed by atoms with Crippen molar-refractivity contribution in [2.75, 3.05) is 28.6 Å². The minimum atomic E-state index is -0.0359. The first kappa shape index (κ1) is 24.7. The molecule has 0 unspecified atom stereocenters. The van der Waals surface area contributed by atoms with Crippen LogP contribution in [0.1, 0.15) is 44.2 Å². The molecule has 1 saturated carbocycles. The number of hydrogen-bond acceptors (Lipinski definition) is 7. The van der Waals surface area contributed by atoms with Gasteiger partial charge in [0.1, 0.15) is 5.52 Å². The predicted molar refractivity (Wildman–Crippen MR) is 139 cm³/mol. The smallest absolute Gasteiger partial charge is 0.245 e. The largest absolute Gasteiger partial charge is 0.372 e. The summed E-state index contributed by atoms with van der Waals surface area (Å²) in [6.45, 7) is 3.55. The number of nitrogens with one attached hydrogen (secondary N) is 3. The van der Waals surface area contributed by atoms with Crippen LogP contribution in [0.25, 0.3) is 5.52 Å². The Hall–Kier alpha value is -4.41. The molecule has 11 nitrogen and oxygen atoms in total. The molecule has 0 spiro atoms. The molecule has 6 rings (SSSR count). The molecule has 1 aliphatic heterocycles. The van der Waals surface area contributed by atoms with Gasteiger partial charge in [0.25, 0.3) is 0 Å². The molecule has 2 aliphatic rings. The number of carbonyl (C=O) groups excluding carboxylic acids is 2. The molecule has 0 atom stereocenters. The highest BCUT2D eigenvalue weighted by molar-refractivity contribution is 5.88. The third-order valence-corrected chi connectivity index (χ3v) is 5.72. The highest BCUT2D eigenvalue weighted by atomic mass is 16.1. The fraction of sp³-hybridized carbons (Fsp3) is 0.320. The van der Waals surface area contributed by atoms with Crippen LogP contribution in [0.15, 0.2) is 54.7 Å². The number of H-pyrrole nitrogens is 1. The van der Waals surface area contributed by atoms with E-state index < -0.39 is 0 Å². The molecular formula is C25H31N9O2. The van der Waals surface area contributed by atoms with Crippen molar-refractivity contribution in [3.63, 3.8) is 0 Å². The van der Waals surface area contributed by atoms with Gasteiger partial charge in [0, 0.05) is 49.6 Å². The van der Waals surface area contributed by atoms with Gasteiger partial charge in [-0.25, -0.2) is 4.52 Å². The zero-order valence-corrected chi connectivity index (χ0v) is 20.2. The monoisotopic (exact) mass is 489 g/mol. The summed E-state index contributed by atoms with van der Waals surface area (Å²) in [5.74, 6) is 3.04. The first-order valence-electron chi connectivity index (χ1n) is 12.0. The zero-order valence-electron chi connectivity index (χ0n) is 20.2. The molecule has 5 N–H and O–H groups in total. The van der Waals surface area contributed by atoms with Crippen LogP contribution in [0.2, 0.25) is 0 Å². The maximum absolute atomic E-state index is 10.5. The van der Waals surface area contributed by atoms with Crippen LogP contribution in [0.3, 0.4) is 0 Å². The molecule has 2 amide bonds. The fourth-order valence-electron chi connectivity index (χ4n) is 3.92. The summed E-state index contributed by atoms with van der Waals surface area (Å²) in [4.78, 5) is 26.1. The molecule has 1 aromatic carbocycles. The summed E-state index contributed by atoms with van der Waals surface area (Å²) in [5.41, 5.74) is 7.19. The van der Waals surface area contributed by atoms with Gasteiger partial charge < -0.3 is 21.3 Å². The number of aromatic amines is 1. The average molecular weight is 490 g/mol. The van der Waals surface area contributed by atoms with Gasteiger partial charge in [0.2, 0.25) is 18.3 Å². The van der Waals surface area contributed by atoms with Crippen molar-refractivity contribution in [1.29, 1.82) is 0 Å². The SMILES string of the molecule is CC(=O)Nc1ccccc1.NC=O.c1cc2c(Nc3cc(C4CC4)[nH]n3)nc(N3CCCC3)nn2c1. The number of anilines is 4. The van der Waals surface area contributed by atoms with Gasteiger partial charge >= 0.3 is 0 Å².